The number of nitrogens with zero attached hydrogens (tertiary/aromatic N) is 1. The zero-order valence-corrected chi connectivity index (χ0v) is 11.3. The van der Waals surface area contributed by atoms with Crippen molar-refractivity contribution in [2.45, 2.75) is 58.8 Å². The molecule has 5 nitrogen and oxygen atoms in total. The summed E-state index contributed by atoms with van der Waals surface area (Å²) in [6.45, 7) is 6.11. The number of ether oxygens (including phenoxy) is 1. The number of rotatable bonds is 3. The van der Waals surface area contributed by atoms with Crippen LogP contribution >= 0.6 is 0 Å². The van der Waals surface area contributed by atoms with Crippen molar-refractivity contribution in [3.63, 3.8) is 0 Å². The molecule has 1 saturated heterocycles. The molecule has 2 rings (SSSR count). The molecule has 0 aliphatic carbocycles. The van der Waals surface area contributed by atoms with E-state index in [1.54, 1.807) is 0 Å². The molecule has 2 unspecified atom stereocenters. The molecule has 102 valence electrons. The molecule has 0 saturated carbocycles. The Morgan fingerprint density at radius 2 is 2.11 bits per heavy atom. The van der Waals surface area contributed by atoms with Crippen LogP contribution in [0.25, 0.3) is 0 Å². The van der Waals surface area contributed by atoms with Gasteiger partial charge < -0.3 is 4.74 Å². The SMILES string of the molecule is CC.CCCC1CCC(n2ccc(=O)[nH]c2=O)O1. The molecule has 0 bridgehead atoms. The summed E-state index contributed by atoms with van der Waals surface area (Å²) in [7, 11) is 0. The van der Waals surface area contributed by atoms with Crippen LogP contribution in [0.15, 0.2) is 21.9 Å². The van der Waals surface area contributed by atoms with Crippen molar-refractivity contribution >= 4 is 0 Å². The van der Waals surface area contributed by atoms with Crippen molar-refractivity contribution < 1.29 is 4.74 Å². The minimum Gasteiger partial charge on any atom is -0.355 e. The number of hydrogen-bond donors (Lipinski definition) is 1. The van der Waals surface area contributed by atoms with E-state index in [1.165, 1.54) is 16.8 Å². The van der Waals surface area contributed by atoms with Crippen LogP contribution in [0.4, 0.5) is 0 Å². The largest absolute Gasteiger partial charge is 0.355 e. The molecule has 1 aliphatic rings. The first-order valence-corrected chi connectivity index (χ1v) is 6.67. The summed E-state index contributed by atoms with van der Waals surface area (Å²) in [4.78, 5) is 24.7. The van der Waals surface area contributed by atoms with Gasteiger partial charge in [0, 0.05) is 12.3 Å². The molecular weight excluding hydrogens is 232 g/mol. The summed E-state index contributed by atoms with van der Waals surface area (Å²) in [5.74, 6) is 0. The zero-order valence-electron chi connectivity index (χ0n) is 11.3. The fourth-order valence-electron chi connectivity index (χ4n) is 2.08. The van der Waals surface area contributed by atoms with Crippen LogP contribution in [0.3, 0.4) is 0 Å². The lowest BCUT2D eigenvalue weighted by atomic mass is 10.1. The number of H-pyrrole nitrogens is 1. The van der Waals surface area contributed by atoms with Crippen LogP contribution in [0.1, 0.15) is 52.7 Å². The third kappa shape index (κ3) is 3.57. The minimum absolute atomic E-state index is 0.221. The van der Waals surface area contributed by atoms with E-state index in [4.69, 9.17) is 4.74 Å². The fraction of sp³-hybridized carbons (Fsp3) is 0.692. The lowest BCUT2D eigenvalue weighted by Crippen LogP contribution is -2.31. The maximum atomic E-state index is 11.5. The molecule has 1 aromatic rings. The second-order valence-corrected chi connectivity index (χ2v) is 4.10. The third-order valence-electron chi connectivity index (χ3n) is 2.86. The molecular formula is C13H22N2O3. The van der Waals surface area contributed by atoms with Crippen LogP contribution < -0.4 is 11.2 Å². The molecule has 5 heteroatoms. The van der Waals surface area contributed by atoms with E-state index in [0.29, 0.717) is 0 Å². The van der Waals surface area contributed by atoms with E-state index in [-0.39, 0.29) is 17.9 Å². The number of hydrogen-bond acceptors (Lipinski definition) is 3. The average molecular weight is 254 g/mol. The van der Waals surface area contributed by atoms with Gasteiger partial charge >= 0.3 is 5.69 Å². The minimum atomic E-state index is -0.394. The van der Waals surface area contributed by atoms with Crippen molar-refractivity contribution in [2.75, 3.05) is 0 Å². The lowest BCUT2D eigenvalue weighted by Gasteiger charge is -2.14. The predicted molar refractivity (Wildman–Crippen MR) is 70.7 cm³/mol. The summed E-state index contributed by atoms with van der Waals surface area (Å²) in [6.07, 6.45) is 5.43. The maximum Gasteiger partial charge on any atom is 0.330 e. The number of aromatic amines is 1. The van der Waals surface area contributed by atoms with Gasteiger partial charge in [0.25, 0.3) is 5.56 Å². The normalized spacial score (nSPS) is 22.4. The van der Waals surface area contributed by atoms with E-state index < -0.39 is 5.69 Å². The van der Waals surface area contributed by atoms with Gasteiger partial charge in [-0.25, -0.2) is 4.79 Å². The highest BCUT2D eigenvalue weighted by Gasteiger charge is 2.26. The van der Waals surface area contributed by atoms with Gasteiger partial charge in [-0.15, -0.1) is 0 Å². The van der Waals surface area contributed by atoms with Crippen LogP contribution in [0.5, 0.6) is 0 Å². The fourth-order valence-corrected chi connectivity index (χ4v) is 2.08. The molecule has 18 heavy (non-hydrogen) atoms. The van der Waals surface area contributed by atoms with Crippen LogP contribution in [-0.2, 0) is 4.74 Å². The highest BCUT2D eigenvalue weighted by atomic mass is 16.5. The molecule has 1 fully saturated rings. The van der Waals surface area contributed by atoms with Gasteiger partial charge in [-0.3, -0.25) is 14.3 Å². The quantitative estimate of drug-likeness (QED) is 0.897. The summed E-state index contributed by atoms with van der Waals surface area (Å²) < 4.78 is 7.20. The Morgan fingerprint density at radius 1 is 1.39 bits per heavy atom. The van der Waals surface area contributed by atoms with Crippen LogP contribution in [0.2, 0.25) is 0 Å². The molecule has 1 aliphatic heterocycles. The van der Waals surface area contributed by atoms with Crippen molar-refractivity contribution in [3.8, 4) is 0 Å². The van der Waals surface area contributed by atoms with Gasteiger partial charge in [-0.2, -0.15) is 0 Å². The average Bonchev–Trinajstić information content (AvgIpc) is 2.80. The molecule has 0 radical (unpaired) electrons. The Labute approximate surface area is 107 Å². The first-order valence-electron chi connectivity index (χ1n) is 6.67. The Hall–Kier alpha value is -1.36. The van der Waals surface area contributed by atoms with E-state index in [2.05, 4.69) is 11.9 Å². The summed E-state index contributed by atoms with van der Waals surface area (Å²) >= 11 is 0. The van der Waals surface area contributed by atoms with Gasteiger partial charge in [0.15, 0.2) is 0 Å². The summed E-state index contributed by atoms with van der Waals surface area (Å²) in [6, 6.07) is 1.35. The molecule has 0 amide bonds. The topological polar surface area (TPSA) is 64.1 Å². The highest BCUT2D eigenvalue weighted by Crippen LogP contribution is 2.28. The number of nitrogens with one attached hydrogen (secondary N) is 1. The zero-order chi connectivity index (χ0) is 13.5. The predicted octanol–water partition coefficient (Wildman–Crippen LogP) is 2.04. The van der Waals surface area contributed by atoms with Gasteiger partial charge in [0.1, 0.15) is 6.23 Å². The monoisotopic (exact) mass is 254 g/mol. The first kappa shape index (κ1) is 14.7. The molecule has 1 N–H and O–H groups in total. The Balaban J connectivity index is 0.000000771. The molecule has 0 spiro atoms. The van der Waals surface area contributed by atoms with E-state index in [1.807, 2.05) is 13.8 Å². The first-order chi connectivity index (χ1) is 8.70. The van der Waals surface area contributed by atoms with Crippen molar-refractivity contribution in [2.24, 2.45) is 0 Å². The summed E-state index contributed by atoms with van der Waals surface area (Å²) in [5, 5.41) is 0. The number of aromatic nitrogens is 2. The Bertz CT molecular complexity index is 464. The summed E-state index contributed by atoms with van der Waals surface area (Å²) in [5.41, 5.74) is -0.765. The van der Waals surface area contributed by atoms with Gasteiger partial charge in [-0.1, -0.05) is 27.2 Å². The van der Waals surface area contributed by atoms with Crippen molar-refractivity contribution in [3.05, 3.63) is 33.1 Å². The second-order valence-electron chi connectivity index (χ2n) is 4.10. The molecule has 2 atom stereocenters. The maximum absolute atomic E-state index is 11.5. The molecule has 1 aromatic heterocycles. The standard InChI is InChI=1S/C11H16N2O3.C2H6/c1-2-3-8-4-5-10(16-8)13-7-6-9(14)12-11(13)15;1-2/h6-8,10H,2-5H2,1H3,(H,12,14,15);1-2H3. The van der Waals surface area contributed by atoms with Gasteiger partial charge in [-0.05, 0) is 19.3 Å². The highest BCUT2D eigenvalue weighted by molar-refractivity contribution is 4.85. The van der Waals surface area contributed by atoms with Crippen molar-refractivity contribution in [1.29, 1.82) is 0 Å². The Kier molecular flexibility index (Phi) is 5.85. The Morgan fingerprint density at radius 3 is 2.72 bits per heavy atom. The van der Waals surface area contributed by atoms with E-state index >= 15 is 0 Å². The molecule has 0 aromatic carbocycles. The van der Waals surface area contributed by atoms with Gasteiger partial charge in [0.05, 0.1) is 6.10 Å². The lowest BCUT2D eigenvalue weighted by molar-refractivity contribution is -0.00435. The van der Waals surface area contributed by atoms with E-state index in [9.17, 15) is 9.59 Å². The van der Waals surface area contributed by atoms with Crippen LogP contribution in [-0.4, -0.2) is 15.7 Å². The third-order valence-corrected chi connectivity index (χ3v) is 2.86. The smallest absolute Gasteiger partial charge is 0.330 e. The van der Waals surface area contributed by atoms with Gasteiger partial charge in [0.2, 0.25) is 0 Å². The van der Waals surface area contributed by atoms with Crippen LogP contribution in [0, 0.1) is 0 Å². The van der Waals surface area contributed by atoms with E-state index in [0.717, 1.165) is 25.7 Å². The second kappa shape index (κ2) is 7.16. The van der Waals surface area contributed by atoms with Crippen molar-refractivity contribution in [1.82, 2.24) is 9.55 Å². The molecule has 2 heterocycles.